The molecule has 0 bridgehead atoms. The zero-order valence-corrected chi connectivity index (χ0v) is 9.54. The summed E-state index contributed by atoms with van der Waals surface area (Å²) >= 11 is 0. The summed E-state index contributed by atoms with van der Waals surface area (Å²) in [5.41, 5.74) is 0.275. The summed E-state index contributed by atoms with van der Waals surface area (Å²) in [6, 6.07) is 0. The molecule has 0 aromatic carbocycles. The van der Waals surface area contributed by atoms with Crippen molar-refractivity contribution in [1.29, 1.82) is 0 Å². The van der Waals surface area contributed by atoms with E-state index in [0.29, 0.717) is 12.3 Å². The Kier molecular flexibility index (Phi) is 3.35. The fraction of sp³-hybridized carbons (Fsp3) is 0.750. The molecule has 0 fully saturated rings. The van der Waals surface area contributed by atoms with Crippen LogP contribution in [0.25, 0.3) is 0 Å². The molecule has 0 amide bonds. The Hall–Kier alpha value is -0.790. The average molecular weight is 196 g/mol. The first-order chi connectivity index (χ1) is 6.39. The molecule has 0 aromatic rings. The summed E-state index contributed by atoms with van der Waals surface area (Å²) < 4.78 is 5.23. The normalized spacial score (nSPS) is 24.6. The lowest BCUT2D eigenvalue weighted by molar-refractivity contribution is -0.147. The molecule has 0 N–H and O–H groups in total. The average Bonchev–Trinajstić information content (AvgIpc) is 2.02. The molecule has 0 unspecified atom stereocenters. The Balaban J connectivity index is 2.48. The van der Waals surface area contributed by atoms with Crippen molar-refractivity contribution in [3.8, 4) is 0 Å². The predicted octanol–water partition coefficient (Wildman–Crippen LogP) is 2.93. The van der Waals surface area contributed by atoms with E-state index in [1.54, 1.807) is 0 Å². The van der Waals surface area contributed by atoms with Gasteiger partial charge in [0.1, 0.15) is 6.10 Å². The first-order valence-electron chi connectivity index (χ1n) is 5.25. The minimum atomic E-state index is -0.0985. The van der Waals surface area contributed by atoms with E-state index in [-0.39, 0.29) is 17.5 Å². The maximum atomic E-state index is 11.0. The minimum Gasteiger partial charge on any atom is -0.458 e. The van der Waals surface area contributed by atoms with Gasteiger partial charge in [0.15, 0.2) is 0 Å². The van der Waals surface area contributed by atoms with Crippen molar-refractivity contribution in [1.82, 2.24) is 0 Å². The van der Waals surface area contributed by atoms with Crippen LogP contribution in [-0.4, -0.2) is 12.1 Å². The summed E-state index contributed by atoms with van der Waals surface area (Å²) in [7, 11) is 0. The van der Waals surface area contributed by atoms with Crippen molar-refractivity contribution in [2.75, 3.05) is 0 Å². The molecule has 2 heteroatoms. The molecule has 0 saturated heterocycles. The van der Waals surface area contributed by atoms with Gasteiger partial charge in [-0.05, 0) is 23.8 Å². The first kappa shape index (κ1) is 11.3. The number of hydrogen-bond acceptors (Lipinski definition) is 2. The van der Waals surface area contributed by atoms with Crippen LogP contribution in [0.5, 0.6) is 0 Å². The summed E-state index contributed by atoms with van der Waals surface area (Å²) in [5.74, 6) is 0.446. The molecule has 0 radical (unpaired) electrons. The van der Waals surface area contributed by atoms with Crippen LogP contribution in [0.15, 0.2) is 12.2 Å². The van der Waals surface area contributed by atoms with Crippen molar-refractivity contribution in [3.05, 3.63) is 12.2 Å². The second-order valence-electron chi connectivity index (χ2n) is 5.16. The van der Waals surface area contributed by atoms with Crippen LogP contribution in [0.1, 0.15) is 40.5 Å². The van der Waals surface area contributed by atoms with Crippen LogP contribution in [-0.2, 0) is 9.53 Å². The minimum absolute atomic E-state index is 0.00882. The van der Waals surface area contributed by atoms with Crippen LogP contribution in [0.4, 0.5) is 0 Å². The van der Waals surface area contributed by atoms with Gasteiger partial charge in [0.05, 0.1) is 6.42 Å². The quantitative estimate of drug-likeness (QED) is 0.501. The Labute approximate surface area is 86.3 Å². The van der Waals surface area contributed by atoms with E-state index in [2.05, 4.69) is 27.7 Å². The molecule has 1 aliphatic rings. The Morgan fingerprint density at radius 2 is 2.21 bits per heavy atom. The van der Waals surface area contributed by atoms with Crippen molar-refractivity contribution in [3.63, 3.8) is 0 Å². The van der Waals surface area contributed by atoms with Gasteiger partial charge in [0.2, 0.25) is 0 Å². The van der Waals surface area contributed by atoms with Crippen LogP contribution in [0.2, 0.25) is 0 Å². The van der Waals surface area contributed by atoms with Gasteiger partial charge in [-0.3, -0.25) is 4.79 Å². The molecular formula is C12H20O2. The lowest BCUT2D eigenvalue weighted by Gasteiger charge is -2.30. The SMILES string of the molecule is C[C@@H](C[C@H]1C=CCC(=O)O1)C(C)(C)C. The molecular weight excluding hydrogens is 176 g/mol. The van der Waals surface area contributed by atoms with Crippen LogP contribution < -0.4 is 0 Å². The molecule has 2 atom stereocenters. The van der Waals surface area contributed by atoms with E-state index < -0.39 is 0 Å². The Bertz CT molecular complexity index is 235. The van der Waals surface area contributed by atoms with Gasteiger partial charge in [-0.2, -0.15) is 0 Å². The molecule has 14 heavy (non-hydrogen) atoms. The highest BCUT2D eigenvalue weighted by Gasteiger charge is 2.25. The van der Waals surface area contributed by atoms with Gasteiger partial charge in [-0.25, -0.2) is 0 Å². The molecule has 80 valence electrons. The number of hydrogen-bond donors (Lipinski definition) is 0. The van der Waals surface area contributed by atoms with Gasteiger partial charge < -0.3 is 4.74 Å². The van der Waals surface area contributed by atoms with Crippen molar-refractivity contribution >= 4 is 5.97 Å². The smallest absolute Gasteiger partial charge is 0.310 e. The second-order valence-corrected chi connectivity index (χ2v) is 5.16. The lowest BCUT2D eigenvalue weighted by atomic mass is 9.79. The predicted molar refractivity (Wildman–Crippen MR) is 56.9 cm³/mol. The highest BCUT2D eigenvalue weighted by Crippen LogP contribution is 2.30. The van der Waals surface area contributed by atoms with Crippen molar-refractivity contribution < 1.29 is 9.53 Å². The van der Waals surface area contributed by atoms with E-state index in [9.17, 15) is 4.79 Å². The van der Waals surface area contributed by atoms with E-state index in [0.717, 1.165) is 6.42 Å². The number of esters is 1. The van der Waals surface area contributed by atoms with Gasteiger partial charge in [-0.1, -0.05) is 33.8 Å². The van der Waals surface area contributed by atoms with Gasteiger partial charge >= 0.3 is 5.97 Å². The number of carbonyl (C=O) groups excluding carboxylic acids is 1. The summed E-state index contributed by atoms with van der Waals surface area (Å²) in [5, 5.41) is 0. The second kappa shape index (κ2) is 4.16. The van der Waals surface area contributed by atoms with Gasteiger partial charge in [0, 0.05) is 0 Å². The molecule has 1 aliphatic heterocycles. The zero-order valence-electron chi connectivity index (χ0n) is 9.54. The fourth-order valence-electron chi connectivity index (χ4n) is 1.40. The maximum Gasteiger partial charge on any atom is 0.310 e. The van der Waals surface area contributed by atoms with Crippen LogP contribution >= 0.6 is 0 Å². The molecule has 2 nitrogen and oxygen atoms in total. The molecule has 0 aromatic heterocycles. The summed E-state index contributed by atoms with van der Waals surface area (Å²) in [4.78, 5) is 11.0. The maximum absolute atomic E-state index is 11.0. The van der Waals surface area contributed by atoms with Crippen molar-refractivity contribution in [2.45, 2.75) is 46.6 Å². The molecule has 0 saturated carbocycles. The third kappa shape index (κ3) is 3.17. The highest BCUT2D eigenvalue weighted by atomic mass is 16.5. The van der Waals surface area contributed by atoms with Crippen LogP contribution in [0.3, 0.4) is 0 Å². The Morgan fingerprint density at radius 1 is 1.57 bits per heavy atom. The number of rotatable bonds is 2. The largest absolute Gasteiger partial charge is 0.458 e. The number of ether oxygens (including phenoxy) is 1. The first-order valence-corrected chi connectivity index (χ1v) is 5.25. The van der Waals surface area contributed by atoms with Gasteiger partial charge in [0.25, 0.3) is 0 Å². The monoisotopic (exact) mass is 196 g/mol. The van der Waals surface area contributed by atoms with E-state index in [1.807, 2.05) is 12.2 Å². The number of carbonyl (C=O) groups is 1. The van der Waals surface area contributed by atoms with E-state index in [4.69, 9.17) is 4.74 Å². The zero-order chi connectivity index (χ0) is 10.8. The molecule has 1 rings (SSSR count). The Morgan fingerprint density at radius 3 is 2.71 bits per heavy atom. The van der Waals surface area contributed by atoms with Crippen molar-refractivity contribution in [2.24, 2.45) is 11.3 Å². The van der Waals surface area contributed by atoms with E-state index in [1.165, 1.54) is 0 Å². The lowest BCUT2D eigenvalue weighted by Crippen LogP contribution is -2.26. The number of cyclic esters (lactones) is 1. The molecule has 0 spiro atoms. The van der Waals surface area contributed by atoms with E-state index >= 15 is 0 Å². The summed E-state index contributed by atoms with van der Waals surface area (Å²) in [6.45, 7) is 8.85. The van der Waals surface area contributed by atoms with Gasteiger partial charge in [-0.15, -0.1) is 0 Å². The standard InChI is InChI=1S/C12H20O2/c1-9(12(2,3)4)8-10-6-5-7-11(13)14-10/h5-6,9-10H,7-8H2,1-4H3/t9-,10+/m0/s1. The molecule has 1 heterocycles. The summed E-state index contributed by atoms with van der Waals surface area (Å²) in [6.07, 6.45) is 5.26. The van der Waals surface area contributed by atoms with Crippen LogP contribution in [0, 0.1) is 11.3 Å². The third-order valence-corrected chi connectivity index (χ3v) is 2.98. The highest BCUT2D eigenvalue weighted by molar-refractivity contribution is 5.72. The third-order valence-electron chi connectivity index (χ3n) is 2.98. The topological polar surface area (TPSA) is 26.3 Å². The molecule has 0 aliphatic carbocycles. The fourth-order valence-corrected chi connectivity index (χ4v) is 1.40.